The van der Waals surface area contributed by atoms with E-state index in [9.17, 15) is 4.79 Å². The average molecular weight is 376 g/mol. The largest absolute Gasteiger partial charge is 0.339 e. The van der Waals surface area contributed by atoms with Gasteiger partial charge in [0.15, 0.2) is 0 Å². The molecule has 2 heterocycles. The van der Waals surface area contributed by atoms with Crippen LogP contribution in [0.5, 0.6) is 0 Å². The number of carbonyl (C=O) groups is 1. The van der Waals surface area contributed by atoms with Crippen molar-refractivity contribution < 1.29 is 9.32 Å². The van der Waals surface area contributed by atoms with E-state index in [1.807, 2.05) is 67.3 Å². The molecule has 1 aliphatic rings. The minimum absolute atomic E-state index is 0.0578. The molecule has 0 radical (unpaired) electrons. The number of nitrogens with one attached hydrogen (secondary N) is 1. The number of likely N-dealkylation sites (tertiary alicyclic amines) is 1. The van der Waals surface area contributed by atoms with Gasteiger partial charge in [-0.25, -0.2) is 4.79 Å². The van der Waals surface area contributed by atoms with Crippen LogP contribution >= 0.6 is 0 Å². The predicted octanol–water partition coefficient (Wildman–Crippen LogP) is 4.76. The van der Waals surface area contributed by atoms with Crippen molar-refractivity contribution in [1.29, 1.82) is 0 Å². The molecule has 1 unspecified atom stereocenters. The minimum atomic E-state index is -0.0857. The summed E-state index contributed by atoms with van der Waals surface area (Å²) in [6.07, 6.45) is 1.84. The van der Waals surface area contributed by atoms with Crippen molar-refractivity contribution in [2.75, 3.05) is 18.4 Å². The van der Waals surface area contributed by atoms with Gasteiger partial charge in [-0.1, -0.05) is 47.1 Å². The molecule has 0 spiro atoms. The summed E-state index contributed by atoms with van der Waals surface area (Å²) in [7, 11) is 0. The number of rotatable bonds is 3. The maximum atomic E-state index is 12.7. The van der Waals surface area contributed by atoms with E-state index in [0.29, 0.717) is 18.3 Å². The van der Waals surface area contributed by atoms with E-state index in [2.05, 4.69) is 15.5 Å². The van der Waals surface area contributed by atoms with Crippen molar-refractivity contribution in [3.05, 3.63) is 65.5 Å². The number of benzene rings is 2. The maximum Gasteiger partial charge on any atom is 0.321 e. The highest BCUT2D eigenvalue weighted by molar-refractivity contribution is 5.90. The Morgan fingerprint density at radius 1 is 1.18 bits per heavy atom. The summed E-state index contributed by atoms with van der Waals surface area (Å²) in [5.74, 6) is 1.26. The first kappa shape index (κ1) is 18.2. The fourth-order valence-electron chi connectivity index (χ4n) is 3.57. The molecule has 1 fully saturated rings. The summed E-state index contributed by atoms with van der Waals surface area (Å²) in [4.78, 5) is 19.1. The van der Waals surface area contributed by atoms with Gasteiger partial charge < -0.3 is 14.7 Å². The van der Waals surface area contributed by atoms with Crippen LogP contribution in [0.3, 0.4) is 0 Å². The van der Waals surface area contributed by atoms with Crippen molar-refractivity contribution >= 4 is 11.7 Å². The van der Waals surface area contributed by atoms with Gasteiger partial charge in [-0.15, -0.1) is 0 Å². The number of anilines is 1. The monoisotopic (exact) mass is 376 g/mol. The van der Waals surface area contributed by atoms with Gasteiger partial charge in [0.2, 0.25) is 11.7 Å². The lowest BCUT2D eigenvalue weighted by molar-refractivity contribution is 0.184. The van der Waals surface area contributed by atoms with Crippen LogP contribution in [0, 0.1) is 13.8 Å². The van der Waals surface area contributed by atoms with Crippen molar-refractivity contribution in [3.8, 4) is 11.4 Å². The summed E-state index contributed by atoms with van der Waals surface area (Å²) in [6.45, 7) is 5.33. The average Bonchev–Trinajstić information content (AvgIpc) is 3.20. The number of hydrogen-bond donors (Lipinski definition) is 1. The van der Waals surface area contributed by atoms with Gasteiger partial charge in [-0.3, -0.25) is 0 Å². The topological polar surface area (TPSA) is 71.3 Å². The number of urea groups is 1. The van der Waals surface area contributed by atoms with Crippen LogP contribution in [-0.4, -0.2) is 34.2 Å². The Balaban J connectivity index is 1.45. The molecule has 1 atom stereocenters. The van der Waals surface area contributed by atoms with Crippen LogP contribution < -0.4 is 5.32 Å². The first-order valence-corrected chi connectivity index (χ1v) is 9.62. The molecule has 1 N–H and O–H groups in total. The van der Waals surface area contributed by atoms with Crippen LogP contribution in [0.4, 0.5) is 10.5 Å². The van der Waals surface area contributed by atoms with Gasteiger partial charge in [0.25, 0.3) is 0 Å². The highest BCUT2D eigenvalue weighted by Crippen LogP contribution is 2.28. The van der Waals surface area contributed by atoms with Crippen LogP contribution in [-0.2, 0) is 0 Å². The van der Waals surface area contributed by atoms with Gasteiger partial charge in [0, 0.05) is 24.3 Å². The summed E-state index contributed by atoms with van der Waals surface area (Å²) < 4.78 is 5.54. The molecule has 144 valence electrons. The highest BCUT2D eigenvalue weighted by atomic mass is 16.5. The van der Waals surface area contributed by atoms with Gasteiger partial charge >= 0.3 is 6.03 Å². The molecule has 28 heavy (non-hydrogen) atoms. The van der Waals surface area contributed by atoms with Gasteiger partial charge in [-0.05, 0) is 44.4 Å². The molecule has 1 aromatic heterocycles. The number of carbonyl (C=O) groups excluding carboxylic acids is 1. The molecule has 3 aromatic rings. The van der Waals surface area contributed by atoms with Crippen LogP contribution in [0.15, 0.2) is 53.1 Å². The lowest BCUT2D eigenvalue weighted by atomic mass is 9.98. The zero-order valence-electron chi connectivity index (χ0n) is 16.2. The summed E-state index contributed by atoms with van der Waals surface area (Å²) in [5.41, 5.74) is 3.98. The van der Waals surface area contributed by atoms with Crippen LogP contribution in [0.2, 0.25) is 0 Å². The number of para-hydroxylation sites is 1. The molecule has 4 rings (SSSR count). The molecular weight excluding hydrogens is 352 g/mol. The van der Waals surface area contributed by atoms with E-state index in [0.717, 1.165) is 41.8 Å². The zero-order valence-corrected chi connectivity index (χ0v) is 16.2. The zero-order chi connectivity index (χ0) is 19.5. The fourth-order valence-corrected chi connectivity index (χ4v) is 3.57. The van der Waals surface area contributed by atoms with Crippen LogP contribution in [0.1, 0.15) is 35.8 Å². The SMILES string of the molecule is Cc1cccc(-c2noc(C3CCCN(C(=O)Nc4ccccc4C)C3)n2)c1. The Bertz CT molecular complexity index is 982. The Hall–Kier alpha value is -3.15. The Labute approximate surface area is 164 Å². The number of nitrogens with zero attached hydrogens (tertiary/aromatic N) is 3. The molecule has 6 heteroatoms. The Morgan fingerprint density at radius 3 is 2.86 bits per heavy atom. The standard InChI is InChI=1S/C22H24N4O2/c1-15-7-5-9-17(13-15)20-24-21(28-25-20)18-10-6-12-26(14-18)22(27)23-19-11-4-3-8-16(19)2/h3-5,7-9,11,13,18H,6,10,12,14H2,1-2H3,(H,23,27). The first-order chi connectivity index (χ1) is 13.6. The van der Waals surface area contributed by atoms with E-state index in [1.54, 1.807) is 0 Å². The van der Waals surface area contributed by atoms with E-state index in [-0.39, 0.29) is 11.9 Å². The third-order valence-electron chi connectivity index (χ3n) is 5.16. The number of hydrogen-bond acceptors (Lipinski definition) is 4. The Morgan fingerprint density at radius 2 is 2.04 bits per heavy atom. The van der Waals surface area contributed by atoms with Gasteiger partial charge in [0.1, 0.15) is 0 Å². The van der Waals surface area contributed by atoms with E-state index in [4.69, 9.17) is 4.52 Å². The van der Waals surface area contributed by atoms with Crippen molar-refractivity contribution in [2.45, 2.75) is 32.6 Å². The molecule has 0 aliphatic carbocycles. The second-order valence-electron chi connectivity index (χ2n) is 7.36. The van der Waals surface area contributed by atoms with Crippen molar-refractivity contribution in [1.82, 2.24) is 15.0 Å². The molecule has 0 saturated carbocycles. The molecule has 0 bridgehead atoms. The first-order valence-electron chi connectivity index (χ1n) is 9.62. The molecular formula is C22H24N4O2. The molecule has 2 aromatic carbocycles. The van der Waals surface area contributed by atoms with Crippen molar-refractivity contribution in [2.24, 2.45) is 0 Å². The molecule has 1 saturated heterocycles. The molecule has 1 aliphatic heterocycles. The lowest BCUT2D eigenvalue weighted by Crippen LogP contribution is -2.41. The van der Waals surface area contributed by atoms with Crippen LogP contribution in [0.25, 0.3) is 11.4 Å². The second-order valence-corrected chi connectivity index (χ2v) is 7.36. The third-order valence-corrected chi connectivity index (χ3v) is 5.16. The fraction of sp³-hybridized carbons (Fsp3) is 0.318. The Kier molecular flexibility index (Phi) is 5.10. The van der Waals surface area contributed by atoms with Gasteiger partial charge in [0.05, 0.1) is 5.92 Å². The van der Waals surface area contributed by atoms with E-state index < -0.39 is 0 Å². The quantitative estimate of drug-likeness (QED) is 0.715. The second kappa shape index (κ2) is 7.84. The summed E-state index contributed by atoms with van der Waals surface area (Å²) in [5, 5.41) is 7.16. The maximum absolute atomic E-state index is 12.7. The predicted molar refractivity (Wildman–Crippen MR) is 108 cm³/mol. The summed E-state index contributed by atoms with van der Waals surface area (Å²) >= 11 is 0. The lowest BCUT2D eigenvalue weighted by Gasteiger charge is -2.31. The van der Waals surface area contributed by atoms with Gasteiger partial charge in [-0.2, -0.15) is 4.98 Å². The number of piperidine rings is 1. The van der Waals surface area contributed by atoms with Crippen molar-refractivity contribution in [3.63, 3.8) is 0 Å². The van der Waals surface area contributed by atoms with E-state index in [1.165, 1.54) is 0 Å². The molecule has 2 amide bonds. The van der Waals surface area contributed by atoms with E-state index >= 15 is 0 Å². The molecule has 6 nitrogen and oxygen atoms in total. The summed E-state index contributed by atoms with van der Waals surface area (Å²) in [6, 6.07) is 15.7. The highest BCUT2D eigenvalue weighted by Gasteiger charge is 2.29. The smallest absolute Gasteiger partial charge is 0.321 e. The number of amides is 2. The third kappa shape index (κ3) is 3.91. The normalized spacial score (nSPS) is 16.8. The minimum Gasteiger partial charge on any atom is -0.339 e. The number of aryl methyl sites for hydroxylation is 2. The number of aromatic nitrogens is 2.